The molecule has 19 heavy (non-hydrogen) atoms. The first-order chi connectivity index (χ1) is 9.15. The molecule has 0 saturated heterocycles. The third-order valence-corrected chi connectivity index (χ3v) is 4.71. The molecule has 2 aromatic heterocycles. The number of benzene rings is 1. The van der Waals surface area contributed by atoms with Gasteiger partial charge in [0.2, 0.25) is 0 Å². The van der Waals surface area contributed by atoms with Crippen molar-refractivity contribution in [2.45, 2.75) is 20.4 Å². The third-order valence-electron chi connectivity index (χ3n) is 3.82. The van der Waals surface area contributed by atoms with Gasteiger partial charge in [-0.2, -0.15) is 0 Å². The van der Waals surface area contributed by atoms with Gasteiger partial charge in [-0.05, 0) is 60.5 Å². The number of fused-ring (bicyclic) bond motifs is 1. The summed E-state index contributed by atoms with van der Waals surface area (Å²) < 4.78 is 3.58. The Balaban J connectivity index is 1.79. The average molecular weight is 270 g/mol. The molecule has 0 bridgehead atoms. The van der Waals surface area contributed by atoms with Gasteiger partial charge in [0.25, 0.3) is 0 Å². The number of aryl methyl sites for hydroxylation is 1. The van der Waals surface area contributed by atoms with Crippen LogP contribution >= 0.6 is 11.3 Å². The Morgan fingerprint density at radius 1 is 1.16 bits per heavy atom. The highest BCUT2D eigenvalue weighted by Gasteiger charge is 2.05. The molecule has 0 spiro atoms. The summed E-state index contributed by atoms with van der Waals surface area (Å²) in [6, 6.07) is 11.0. The normalized spacial score (nSPS) is 11.1. The van der Waals surface area contributed by atoms with Gasteiger partial charge in [0.15, 0.2) is 0 Å². The van der Waals surface area contributed by atoms with Crippen LogP contribution in [0.4, 0.5) is 5.69 Å². The van der Waals surface area contributed by atoms with Crippen LogP contribution in [-0.2, 0) is 13.6 Å². The second-order valence-electron chi connectivity index (χ2n) is 4.98. The smallest absolute Gasteiger partial charge is 0.0418 e. The van der Waals surface area contributed by atoms with Gasteiger partial charge >= 0.3 is 0 Å². The van der Waals surface area contributed by atoms with E-state index in [4.69, 9.17) is 0 Å². The molecule has 3 aromatic rings. The first kappa shape index (κ1) is 12.3. The van der Waals surface area contributed by atoms with Crippen molar-refractivity contribution in [3.8, 4) is 0 Å². The Hall–Kier alpha value is -1.74. The van der Waals surface area contributed by atoms with Crippen molar-refractivity contribution in [2.75, 3.05) is 5.32 Å². The van der Waals surface area contributed by atoms with E-state index in [1.807, 2.05) is 0 Å². The van der Waals surface area contributed by atoms with E-state index < -0.39 is 0 Å². The van der Waals surface area contributed by atoms with Gasteiger partial charge in [-0.1, -0.05) is 0 Å². The van der Waals surface area contributed by atoms with E-state index in [9.17, 15) is 0 Å². The highest BCUT2D eigenvalue weighted by molar-refractivity contribution is 7.17. The Labute approximate surface area is 117 Å². The minimum atomic E-state index is 0.878. The summed E-state index contributed by atoms with van der Waals surface area (Å²) >= 11 is 1.79. The molecule has 3 rings (SSSR count). The summed E-state index contributed by atoms with van der Waals surface area (Å²) in [6.45, 7) is 5.20. The van der Waals surface area contributed by atoms with Crippen LogP contribution in [0.3, 0.4) is 0 Å². The van der Waals surface area contributed by atoms with Crippen LogP contribution in [0.5, 0.6) is 0 Å². The first-order valence-electron chi connectivity index (χ1n) is 6.48. The predicted molar refractivity (Wildman–Crippen MR) is 84.0 cm³/mol. The number of nitrogens with zero attached hydrogens (tertiary/aromatic N) is 1. The van der Waals surface area contributed by atoms with Gasteiger partial charge in [-0.25, -0.2) is 0 Å². The number of hydrogen-bond acceptors (Lipinski definition) is 2. The summed E-state index contributed by atoms with van der Waals surface area (Å²) in [7, 11) is 2.12. The van der Waals surface area contributed by atoms with Crippen molar-refractivity contribution in [3.05, 3.63) is 52.7 Å². The fourth-order valence-corrected chi connectivity index (χ4v) is 3.16. The van der Waals surface area contributed by atoms with Gasteiger partial charge in [0, 0.05) is 35.4 Å². The van der Waals surface area contributed by atoms with Gasteiger partial charge in [0.05, 0.1) is 0 Å². The maximum atomic E-state index is 3.52. The third kappa shape index (κ3) is 2.26. The molecule has 2 nitrogen and oxygen atoms in total. The Kier molecular flexibility index (Phi) is 3.07. The van der Waals surface area contributed by atoms with Crippen molar-refractivity contribution in [3.63, 3.8) is 0 Å². The Morgan fingerprint density at radius 2 is 2.00 bits per heavy atom. The van der Waals surface area contributed by atoms with Gasteiger partial charge in [0.1, 0.15) is 0 Å². The quantitative estimate of drug-likeness (QED) is 0.743. The molecule has 2 heterocycles. The lowest BCUT2D eigenvalue weighted by atomic mass is 10.2. The van der Waals surface area contributed by atoms with E-state index in [2.05, 4.69) is 66.5 Å². The molecule has 0 unspecified atom stereocenters. The summed E-state index contributed by atoms with van der Waals surface area (Å²) in [5, 5.41) is 6.97. The summed E-state index contributed by atoms with van der Waals surface area (Å²) in [4.78, 5) is 0. The molecule has 3 heteroatoms. The van der Waals surface area contributed by atoms with E-state index in [0.717, 1.165) is 6.54 Å². The molecule has 0 radical (unpaired) electrons. The minimum absolute atomic E-state index is 0.878. The predicted octanol–water partition coefficient (Wildman–Crippen LogP) is 4.47. The van der Waals surface area contributed by atoms with Crippen molar-refractivity contribution in [1.29, 1.82) is 0 Å². The van der Waals surface area contributed by atoms with Crippen LogP contribution < -0.4 is 5.32 Å². The summed E-state index contributed by atoms with van der Waals surface area (Å²) in [6.07, 6.45) is 0. The van der Waals surface area contributed by atoms with Crippen LogP contribution in [-0.4, -0.2) is 4.57 Å². The van der Waals surface area contributed by atoms with Crippen LogP contribution in [0.15, 0.2) is 35.7 Å². The molecule has 0 aliphatic heterocycles. The number of rotatable bonds is 3. The van der Waals surface area contributed by atoms with Gasteiger partial charge in [-0.3, -0.25) is 0 Å². The zero-order chi connectivity index (χ0) is 13.4. The second kappa shape index (κ2) is 4.74. The molecule has 0 amide bonds. The van der Waals surface area contributed by atoms with Crippen LogP contribution in [0, 0.1) is 13.8 Å². The number of aromatic nitrogens is 1. The lowest BCUT2D eigenvalue weighted by Gasteiger charge is -2.07. The summed E-state index contributed by atoms with van der Waals surface area (Å²) in [5.74, 6) is 0. The lowest BCUT2D eigenvalue weighted by molar-refractivity contribution is 0.837. The molecular formula is C16H18N2S. The van der Waals surface area contributed by atoms with Crippen LogP contribution in [0.25, 0.3) is 10.1 Å². The standard InChI is InChI=1S/C16H18N2S/c1-11-8-14(12(2)18(11)3)10-17-15-4-5-16-13(9-15)6-7-19-16/h4-9,17H,10H2,1-3H3. The van der Waals surface area contributed by atoms with E-state index in [1.165, 1.54) is 32.7 Å². The highest BCUT2D eigenvalue weighted by atomic mass is 32.1. The largest absolute Gasteiger partial charge is 0.381 e. The molecule has 98 valence electrons. The highest BCUT2D eigenvalue weighted by Crippen LogP contribution is 2.24. The van der Waals surface area contributed by atoms with Crippen molar-refractivity contribution >= 4 is 27.1 Å². The van der Waals surface area contributed by atoms with Crippen molar-refractivity contribution in [2.24, 2.45) is 7.05 Å². The van der Waals surface area contributed by atoms with E-state index in [-0.39, 0.29) is 0 Å². The average Bonchev–Trinajstić information content (AvgIpc) is 2.96. The number of anilines is 1. The van der Waals surface area contributed by atoms with Crippen LogP contribution in [0.1, 0.15) is 17.0 Å². The van der Waals surface area contributed by atoms with Gasteiger partial charge in [-0.15, -0.1) is 11.3 Å². The molecule has 1 N–H and O–H groups in total. The molecule has 0 saturated carbocycles. The van der Waals surface area contributed by atoms with Crippen LogP contribution in [0.2, 0.25) is 0 Å². The second-order valence-corrected chi connectivity index (χ2v) is 5.93. The maximum absolute atomic E-state index is 3.52. The SMILES string of the molecule is Cc1cc(CNc2ccc3sccc3c2)c(C)n1C. The van der Waals surface area contributed by atoms with E-state index >= 15 is 0 Å². The minimum Gasteiger partial charge on any atom is -0.381 e. The fourth-order valence-electron chi connectivity index (χ4n) is 2.39. The van der Waals surface area contributed by atoms with E-state index in [0.29, 0.717) is 0 Å². The maximum Gasteiger partial charge on any atom is 0.0418 e. The zero-order valence-corrected chi connectivity index (χ0v) is 12.3. The fraction of sp³-hybridized carbons (Fsp3) is 0.250. The molecule has 0 aliphatic carbocycles. The topological polar surface area (TPSA) is 17.0 Å². The Bertz CT molecular complexity index is 722. The number of nitrogens with one attached hydrogen (secondary N) is 1. The molecule has 0 atom stereocenters. The van der Waals surface area contributed by atoms with Gasteiger partial charge < -0.3 is 9.88 Å². The number of thiophene rings is 1. The monoisotopic (exact) mass is 270 g/mol. The number of hydrogen-bond donors (Lipinski definition) is 1. The molecule has 0 fully saturated rings. The van der Waals surface area contributed by atoms with Crippen molar-refractivity contribution < 1.29 is 0 Å². The summed E-state index contributed by atoms with van der Waals surface area (Å²) in [5.41, 5.74) is 5.20. The van der Waals surface area contributed by atoms with E-state index in [1.54, 1.807) is 11.3 Å². The molecular weight excluding hydrogens is 252 g/mol. The first-order valence-corrected chi connectivity index (χ1v) is 7.36. The zero-order valence-electron chi connectivity index (χ0n) is 11.5. The molecule has 0 aliphatic rings. The Morgan fingerprint density at radius 3 is 2.74 bits per heavy atom. The molecule has 1 aromatic carbocycles. The van der Waals surface area contributed by atoms with Crippen molar-refractivity contribution in [1.82, 2.24) is 4.57 Å². The lowest BCUT2D eigenvalue weighted by Crippen LogP contribution is -2.01.